The van der Waals surface area contributed by atoms with Crippen LogP contribution in [0.15, 0.2) is 10.8 Å². The topological polar surface area (TPSA) is 43.1 Å². The summed E-state index contributed by atoms with van der Waals surface area (Å²) in [5, 5.41) is 3.47. The minimum Gasteiger partial charge on any atom is -0.364 e. The van der Waals surface area contributed by atoms with Gasteiger partial charge >= 0.3 is 0 Å². The van der Waals surface area contributed by atoms with Crippen molar-refractivity contribution < 1.29 is 9.32 Å². The molecule has 0 atom stereocenters. The number of aromatic nitrogens is 1. The van der Waals surface area contributed by atoms with E-state index in [1.807, 2.05) is 0 Å². The molecule has 1 heterocycles. The molecule has 0 aliphatic rings. The van der Waals surface area contributed by atoms with Gasteiger partial charge in [0.2, 0.25) is 0 Å². The molecule has 4 heteroatoms. The molecule has 0 aliphatic heterocycles. The minimum absolute atomic E-state index is 0.213. The zero-order valence-electron chi connectivity index (χ0n) is 4.50. The van der Waals surface area contributed by atoms with Crippen molar-refractivity contribution in [1.29, 1.82) is 0 Å². The van der Waals surface area contributed by atoms with Gasteiger partial charge in [0.25, 0.3) is 0 Å². The number of carbonyl (C=O) groups excluding carboxylic acids is 1. The highest BCUT2D eigenvalue weighted by Crippen LogP contribution is 2.05. The van der Waals surface area contributed by atoms with E-state index in [-0.39, 0.29) is 5.88 Å². The van der Waals surface area contributed by atoms with Crippen molar-refractivity contribution in [2.45, 2.75) is 5.88 Å². The Balaban J connectivity index is 2.98. The second-order valence-electron chi connectivity index (χ2n) is 1.47. The predicted octanol–water partition coefficient (Wildman–Crippen LogP) is 1.23. The van der Waals surface area contributed by atoms with Crippen molar-refractivity contribution in [3.63, 3.8) is 0 Å². The summed E-state index contributed by atoms with van der Waals surface area (Å²) in [7, 11) is 0. The van der Waals surface area contributed by atoms with Crippen LogP contribution in [0.1, 0.15) is 16.1 Å². The van der Waals surface area contributed by atoms with Gasteiger partial charge in [-0.3, -0.25) is 4.79 Å². The van der Waals surface area contributed by atoms with Crippen LogP contribution in [0, 0.1) is 0 Å². The molecule has 0 saturated carbocycles. The van der Waals surface area contributed by atoms with E-state index in [1.165, 1.54) is 6.26 Å². The van der Waals surface area contributed by atoms with Gasteiger partial charge in [-0.2, -0.15) is 0 Å². The van der Waals surface area contributed by atoms with Gasteiger partial charge in [0.05, 0.1) is 11.4 Å². The first-order valence-corrected chi connectivity index (χ1v) is 2.86. The van der Waals surface area contributed by atoms with Gasteiger partial charge in [-0.1, -0.05) is 5.16 Å². The third kappa shape index (κ3) is 1.10. The maximum atomic E-state index is 10.1. The smallest absolute Gasteiger partial charge is 0.155 e. The Morgan fingerprint density at radius 2 is 2.67 bits per heavy atom. The largest absolute Gasteiger partial charge is 0.364 e. The van der Waals surface area contributed by atoms with Gasteiger partial charge in [-0.05, 0) is 0 Å². The summed E-state index contributed by atoms with van der Waals surface area (Å²) >= 11 is 5.37. The van der Waals surface area contributed by atoms with Crippen molar-refractivity contribution >= 4 is 17.9 Å². The number of alkyl halides is 1. The Labute approximate surface area is 56.6 Å². The molecule has 0 bridgehead atoms. The lowest BCUT2D eigenvalue weighted by atomic mass is 10.3. The van der Waals surface area contributed by atoms with Crippen LogP contribution in [0.4, 0.5) is 0 Å². The first kappa shape index (κ1) is 6.29. The SMILES string of the molecule is O=Cc1conc1CCl. The molecule has 0 spiro atoms. The van der Waals surface area contributed by atoms with E-state index in [1.54, 1.807) is 0 Å². The van der Waals surface area contributed by atoms with E-state index in [9.17, 15) is 4.79 Å². The summed E-state index contributed by atoms with van der Waals surface area (Å²) in [6.45, 7) is 0. The molecule has 0 aliphatic carbocycles. The standard InChI is InChI=1S/C5H4ClNO2/c6-1-5-4(2-8)3-9-7-5/h2-3H,1H2. The number of aldehydes is 1. The number of hydrogen-bond donors (Lipinski definition) is 0. The summed E-state index contributed by atoms with van der Waals surface area (Å²) in [5.41, 5.74) is 0.914. The highest BCUT2D eigenvalue weighted by Gasteiger charge is 2.02. The lowest BCUT2D eigenvalue weighted by molar-refractivity contribution is 0.112. The molecule has 1 aromatic heterocycles. The third-order valence-electron chi connectivity index (χ3n) is 0.929. The van der Waals surface area contributed by atoms with Crippen molar-refractivity contribution in [3.05, 3.63) is 17.5 Å². The normalized spacial score (nSPS) is 9.44. The molecule has 3 nitrogen and oxygen atoms in total. The predicted molar refractivity (Wildman–Crippen MR) is 31.4 cm³/mol. The highest BCUT2D eigenvalue weighted by atomic mass is 35.5. The number of rotatable bonds is 2. The molecule has 48 valence electrons. The van der Waals surface area contributed by atoms with Crippen LogP contribution < -0.4 is 0 Å². The molecule has 0 radical (unpaired) electrons. The van der Waals surface area contributed by atoms with Gasteiger partial charge < -0.3 is 4.52 Å². The van der Waals surface area contributed by atoms with Crippen LogP contribution in [0.5, 0.6) is 0 Å². The zero-order valence-corrected chi connectivity index (χ0v) is 5.26. The van der Waals surface area contributed by atoms with E-state index in [4.69, 9.17) is 11.6 Å². The molecule has 0 unspecified atom stereocenters. The third-order valence-corrected chi connectivity index (χ3v) is 1.18. The fourth-order valence-electron chi connectivity index (χ4n) is 0.465. The minimum atomic E-state index is 0.213. The Morgan fingerprint density at radius 1 is 1.89 bits per heavy atom. The quantitative estimate of drug-likeness (QED) is 0.464. The number of halogens is 1. The Bertz CT molecular complexity index is 208. The van der Waals surface area contributed by atoms with Crippen LogP contribution in [-0.4, -0.2) is 11.4 Å². The lowest BCUT2D eigenvalue weighted by Gasteiger charge is -1.80. The number of nitrogens with zero attached hydrogens (tertiary/aromatic N) is 1. The van der Waals surface area contributed by atoms with E-state index in [2.05, 4.69) is 9.68 Å². The van der Waals surface area contributed by atoms with Crippen molar-refractivity contribution in [2.75, 3.05) is 0 Å². The van der Waals surface area contributed by atoms with Crippen molar-refractivity contribution in [2.24, 2.45) is 0 Å². The molecule has 0 N–H and O–H groups in total. The van der Waals surface area contributed by atoms with Crippen LogP contribution in [-0.2, 0) is 5.88 Å². The van der Waals surface area contributed by atoms with Gasteiger partial charge in [0.1, 0.15) is 12.0 Å². The summed E-state index contributed by atoms with van der Waals surface area (Å²) in [5.74, 6) is 0.213. The van der Waals surface area contributed by atoms with Crippen molar-refractivity contribution in [3.8, 4) is 0 Å². The Hall–Kier alpha value is -0.830. The van der Waals surface area contributed by atoms with Gasteiger partial charge in [0.15, 0.2) is 6.29 Å². The molecule has 0 fully saturated rings. The highest BCUT2D eigenvalue weighted by molar-refractivity contribution is 6.17. The Kier molecular flexibility index (Phi) is 1.85. The van der Waals surface area contributed by atoms with Gasteiger partial charge in [-0.15, -0.1) is 11.6 Å². The molecule has 0 saturated heterocycles. The van der Waals surface area contributed by atoms with Crippen LogP contribution in [0.25, 0.3) is 0 Å². The van der Waals surface area contributed by atoms with Gasteiger partial charge in [-0.25, -0.2) is 0 Å². The fraction of sp³-hybridized carbons (Fsp3) is 0.200. The molecular formula is C5H4ClNO2. The monoisotopic (exact) mass is 145 g/mol. The maximum absolute atomic E-state index is 10.1. The van der Waals surface area contributed by atoms with Crippen LogP contribution >= 0.6 is 11.6 Å². The molecule has 1 rings (SSSR count). The average Bonchev–Trinajstić information content (AvgIpc) is 2.33. The maximum Gasteiger partial charge on any atom is 0.155 e. The van der Waals surface area contributed by atoms with E-state index in [0.717, 1.165) is 0 Å². The zero-order chi connectivity index (χ0) is 6.69. The van der Waals surface area contributed by atoms with E-state index in [0.29, 0.717) is 17.5 Å². The fourth-order valence-corrected chi connectivity index (χ4v) is 0.668. The first-order valence-electron chi connectivity index (χ1n) is 2.33. The summed E-state index contributed by atoms with van der Waals surface area (Å²) < 4.78 is 4.46. The molecule has 9 heavy (non-hydrogen) atoms. The summed E-state index contributed by atoms with van der Waals surface area (Å²) in [6, 6.07) is 0. The summed E-state index contributed by atoms with van der Waals surface area (Å²) in [4.78, 5) is 10.1. The summed E-state index contributed by atoms with van der Waals surface area (Å²) in [6.07, 6.45) is 1.93. The van der Waals surface area contributed by atoms with Crippen molar-refractivity contribution in [1.82, 2.24) is 5.16 Å². The van der Waals surface area contributed by atoms with Crippen LogP contribution in [0.2, 0.25) is 0 Å². The lowest BCUT2D eigenvalue weighted by Crippen LogP contribution is -1.83. The second kappa shape index (κ2) is 2.64. The first-order chi connectivity index (χ1) is 4.38. The van der Waals surface area contributed by atoms with E-state index >= 15 is 0 Å². The molecule has 0 amide bonds. The molecule has 1 aromatic rings. The van der Waals surface area contributed by atoms with Crippen LogP contribution in [0.3, 0.4) is 0 Å². The Morgan fingerprint density at radius 3 is 3.11 bits per heavy atom. The number of carbonyl (C=O) groups is 1. The molecular weight excluding hydrogens is 142 g/mol. The van der Waals surface area contributed by atoms with E-state index < -0.39 is 0 Å². The van der Waals surface area contributed by atoms with Gasteiger partial charge in [0, 0.05) is 0 Å². The molecule has 0 aromatic carbocycles. The number of hydrogen-bond acceptors (Lipinski definition) is 3. The second-order valence-corrected chi connectivity index (χ2v) is 1.74. The average molecular weight is 146 g/mol.